The summed E-state index contributed by atoms with van der Waals surface area (Å²) in [6, 6.07) is 5.09. The summed E-state index contributed by atoms with van der Waals surface area (Å²) < 4.78 is 5.33. The van der Waals surface area contributed by atoms with Crippen LogP contribution in [-0.4, -0.2) is 45.5 Å². The number of hydrogen-bond donors (Lipinski definition) is 0. The van der Waals surface area contributed by atoms with Crippen molar-refractivity contribution >= 4 is 29.3 Å². The minimum absolute atomic E-state index is 0.0914. The van der Waals surface area contributed by atoms with Crippen molar-refractivity contribution in [2.45, 2.75) is 56.9 Å². The minimum Gasteiger partial charge on any atom is -0.464 e. The van der Waals surface area contributed by atoms with Crippen LogP contribution < -0.4 is 0 Å². The molecule has 152 valence electrons. The standard InChI is InChI=1S/C20H26N2O5S/c1-2-11-27-20(24)17-13-28-19(14-7-4-3-5-8-14)21(17)18(23)15-9-6-10-16(12-15)22(25)26/h6,9-10,12,14,17,19H,2-5,7-8,11,13H2,1H3. The lowest BCUT2D eigenvalue weighted by molar-refractivity contribution is -0.384. The molecule has 1 saturated heterocycles. The van der Waals surface area contributed by atoms with Crippen molar-refractivity contribution in [2.75, 3.05) is 12.4 Å². The summed E-state index contributed by atoms with van der Waals surface area (Å²) in [5.41, 5.74) is 0.114. The zero-order valence-electron chi connectivity index (χ0n) is 16.0. The molecule has 8 heteroatoms. The highest BCUT2D eigenvalue weighted by Gasteiger charge is 2.46. The number of nitrogens with zero attached hydrogens (tertiary/aromatic N) is 2. The molecule has 0 spiro atoms. The average molecular weight is 407 g/mol. The fourth-order valence-corrected chi connectivity index (χ4v) is 5.57. The van der Waals surface area contributed by atoms with E-state index >= 15 is 0 Å². The zero-order chi connectivity index (χ0) is 20.1. The van der Waals surface area contributed by atoms with Crippen molar-refractivity contribution in [1.82, 2.24) is 4.90 Å². The van der Waals surface area contributed by atoms with Crippen molar-refractivity contribution in [3.05, 3.63) is 39.9 Å². The number of rotatable bonds is 6. The number of thioether (sulfide) groups is 1. The molecule has 1 aromatic carbocycles. The first-order chi connectivity index (χ1) is 13.5. The van der Waals surface area contributed by atoms with Gasteiger partial charge in [-0.2, -0.15) is 0 Å². The number of nitro benzene ring substituents is 1. The van der Waals surface area contributed by atoms with Crippen LogP contribution in [0.2, 0.25) is 0 Å². The molecule has 3 rings (SSSR count). The number of carbonyl (C=O) groups is 2. The third kappa shape index (κ3) is 4.48. The second kappa shape index (κ2) is 9.41. The lowest BCUT2D eigenvalue weighted by atomic mass is 9.88. The lowest BCUT2D eigenvalue weighted by Gasteiger charge is -2.35. The van der Waals surface area contributed by atoms with Crippen LogP contribution in [0.1, 0.15) is 55.8 Å². The molecule has 1 heterocycles. The Bertz CT molecular complexity index is 735. The summed E-state index contributed by atoms with van der Waals surface area (Å²) in [4.78, 5) is 38.2. The van der Waals surface area contributed by atoms with E-state index in [1.807, 2.05) is 6.92 Å². The van der Waals surface area contributed by atoms with Crippen LogP contribution >= 0.6 is 11.8 Å². The van der Waals surface area contributed by atoms with Gasteiger partial charge in [0, 0.05) is 23.4 Å². The summed E-state index contributed by atoms with van der Waals surface area (Å²) in [5.74, 6) is 0.129. The van der Waals surface area contributed by atoms with Crippen LogP contribution in [0.5, 0.6) is 0 Å². The van der Waals surface area contributed by atoms with E-state index in [9.17, 15) is 19.7 Å². The van der Waals surface area contributed by atoms with E-state index in [-0.39, 0.29) is 28.5 Å². The average Bonchev–Trinajstić information content (AvgIpc) is 3.17. The first-order valence-corrected chi connectivity index (χ1v) is 10.9. The molecule has 0 radical (unpaired) electrons. The highest BCUT2D eigenvalue weighted by molar-refractivity contribution is 8.00. The molecule has 1 saturated carbocycles. The first kappa shape index (κ1) is 20.6. The smallest absolute Gasteiger partial charge is 0.329 e. The van der Waals surface area contributed by atoms with Crippen molar-refractivity contribution < 1.29 is 19.2 Å². The zero-order valence-corrected chi connectivity index (χ0v) is 16.9. The quantitative estimate of drug-likeness (QED) is 0.403. The molecule has 28 heavy (non-hydrogen) atoms. The third-order valence-electron chi connectivity index (χ3n) is 5.35. The number of carbonyl (C=O) groups excluding carboxylic acids is 2. The Kier molecular flexibility index (Phi) is 6.93. The Morgan fingerprint density at radius 1 is 1.29 bits per heavy atom. The molecular weight excluding hydrogens is 380 g/mol. The van der Waals surface area contributed by atoms with Crippen molar-refractivity contribution in [3.63, 3.8) is 0 Å². The van der Waals surface area contributed by atoms with Gasteiger partial charge in [-0.1, -0.05) is 32.3 Å². The van der Waals surface area contributed by atoms with Gasteiger partial charge in [-0.15, -0.1) is 11.8 Å². The van der Waals surface area contributed by atoms with E-state index in [0.29, 0.717) is 18.3 Å². The molecule has 1 aromatic rings. The molecule has 0 N–H and O–H groups in total. The number of benzene rings is 1. The van der Waals surface area contributed by atoms with E-state index < -0.39 is 11.0 Å². The van der Waals surface area contributed by atoms with Crippen molar-refractivity contribution in [2.24, 2.45) is 5.92 Å². The van der Waals surface area contributed by atoms with Gasteiger partial charge >= 0.3 is 5.97 Å². The van der Waals surface area contributed by atoms with Gasteiger partial charge in [-0.25, -0.2) is 4.79 Å². The van der Waals surface area contributed by atoms with E-state index in [4.69, 9.17) is 4.74 Å². The summed E-state index contributed by atoms with van der Waals surface area (Å²) in [6.45, 7) is 2.25. The maximum absolute atomic E-state index is 13.3. The SMILES string of the molecule is CCCOC(=O)C1CSC(C2CCCCC2)N1C(=O)c1cccc([N+](=O)[O-])c1. The maximum Gasteiger partial charge on any atom is 0.329 e. The minimum atomic E-state index is -0.643. The fourth-order valence-electron chi connectivity index (χ4n) is 3.95. The van der Waals surface area contributed by atoms with Crippen LogP contribution in [0.4, 0.5) is 5.69 Å². The largest absolute Gasteiger partial charge is 0.464 e. The first-order valence-electron chi connectivity index (χ1n) is 9.88. The predicted octanol–water partition coefficient (Wildman–Crippen LogP) is 4.01. The van der Waals surface area contributed by atoms with Crippen molar-refractivity contribution in [1.29, 1.82) is 0 Å². The molecule has 0 aromatic heterocycles. The summed E-state index contributed by atoms with van der Waals surface area (Å²) in [7, 11) is 0. The Labute approximate surface area is 169 Å². The van der Waals surface area contributed by atoms with Crippen LogP contribution in [0, 0.1) is 16.0 Å². The number of esters is 1. The normalized spacial score (nSPS) is 22.8. The van der Waals surface area contributed by atoms with Gasteiger partial charge in [0.05, 0.1) is 16.9 Å². The molecule has 1 aliphatic carbocycles. The van der Waals surface area contributed by atoms with E-state index in [1.165, 1.54) is 24.6 Å². The number of non-ortho nitro benzene ring substituents is 1. The molecule has 2 unspecified atom stereocenters. The van der Waals surface area contributed by atoms with Gasteiger partial charge in [0.2, 0.25) is 0 Å². The predicted molar refractivity (Wildman–Crippen MR) is 107 cm³/mol. The fraction of sp³-hybridized carbons (Fsp3) is 0.600. The van der Waals surface area contributed by atoms with Crippen molar-refractivity contribution in [3.8, 4) is 0 Å². The van der Waals surface area contributed by atoms with Gasteiger partial charge in [0.25, 0.3) is 11.6 Å². The number of amides is 1. The number of ether oxygens (including phenoxy) is 1. The highest BCUT2D eigenvalue weighted by atomic mass is 32.2. The van der Waals surface area contributed by atoms with Gasteiger partial charge < -0.3 is 9.64 Å². The molecule has 2 aliphatic rings. The Balaban J connectivity index is 1.88. The Hall–Kier alpha value is -2.09. The third-order valence-corrected chi connectivity index (χ3v) is 6.81. The molecule has 0 bridgehead atoms. The molecule has 2 fully saturated rings. The van der Waals surface area contributed by atoms with Crippen LogP contribution in [0.3, 0.4) is 0 Å². The summed E-state index contributed by atoms with van der Waals surface area (Å²) in [5, 5.41) is 11.0. The molecule has 1 amide bonds. The number of hydrogen-bond acceptors (Lipinski definition) is 6. The highest BCUT2D eigenvalue weighted by Crippen LogP contribution is 2.41. The molecule has 7 nitrogen and oxygen atoms in total. The van der Waals surface area contributed by atoms with Gasteiger partial charge in [-0.3, -0.25) is 14.9 Å². The summed E-state index contributed by atoms with van der Waals surface area (Å²) >= 11 is 1.63. The van der Waals surface area contributed by atoms with Gasteiger partial charge in [-0.05, 0) is 31.2 Å². The molecule has 1 aliphatic heterocycles. The number of nitro groups is 1. The second-order valence-electron chi connectivity index (χ2n) is 7.33. The second-order valence-corrected chi connectivity index (χ2v) is 8.47. The molecule has 2 atom stereocenters. The Morgan fingerprint density at radius 2 is 2.04 bits per heavy atom. The topological polar surface area (TPSA) is 89.8 Å². The summed E-state index contributed by atoms with van der Waals surface area (Å²) in [6.07, 6.45) is 6.25. The van der Waals surface area contributed by atoms with Gasteiger partial charge in [0.15, 0.2) is 0 Å². The van der Waals surface area contributed by atoms with Crippen LogP contribution in [-0.2, 0) is 9.53 Å². The van der Waals surface area contributed by atoms with Crippen LogP contribution in [0.25, 0.3) is 0 Å². The Morgan fingerprint density at radius 3 is 2.71 bits per heavy atom. The van der Waals surface area contributed by atoms with E-state index in [0.717, 1.165) is 32.1 Å². The van der Waals surface area contributed by atoms with Crippen LogP contribution in [0.15, 0.2) is 24.3 Å². The van der Waals surface area contributed by atoms with E-state index in [2.05, 4.69) is 0 Å². The maximum atomic E-state index is 13.3. The lowest BCUT2D eigenvalue weighted by Crippen LogP contribution is -2.48. The van der Waals surface area contributed by atoms with Gasteiger partial charge in [0.1, 0.15) is 6.04 Å². The monoisotopic (exact) mass is 406 g/mol. The molecular formula is C20H26N2O5S. The van der Waals surface area contributed by atoms with E-state index in [1.54, 1.807) is 22.7 Å².